The molecule has 0 saturated heterocycles. The summed E-state index contributed by atoms with van der Waals surface area (Å²) < 4.78 is 28.2. The Morgan fingerprint density at radius 1 is 1.42 bits per heavy atom. The fourth-order valence-electron chi connectivity index (χ4n) is 1.45. The second kappa shape index (κ2) is 4.71. The highest BCUT2D eigenvalue weighted by atomic mass is 35.5. The Kier molecular flexibility index (Phi) is 3.38. The van der Waals surface area contributed by atoms with Crippen LogP contribution < -0.4 is 10.5 Å². The molecular formula is C10H12ClN5O2S. The average molecular weight is 302 g/mol. The molecule has 0 atom stereocenters. The van der Waals surface area contributed by atoms with E-state index in [1.54, 1.807) is 24.7 Å². The topological polar surface area (TPSA) is 103 Å². The van der Waals surface area contributed by atoms with E-state index in [1.807, 2.05) is 0 Å². The first-order valence-electron chi connectivity index (χ1n) is 5.24. The van der Waals surface area contributed by atoms with Crippen molar-refractivity contribution in [2.45, 2.75) is 11.8 Å². The van der Waals surface area contributed by atoms with Crippen molar-refractivity contribution in [2.75, 3.05) is 10.5 Å². The Bertz CT molecular complexity index is 706. The van der Waals surface area contributed by atoms with Gasteiger partial charge in [0.2, 0.25) is 0 Å². The van der Waals surface area contributed by atoms with Crippen LogP contribution in [-0.2, 0) is 17.1 Å². The van der Waals surface area contributed by atoms with Gasteiger partial charge in [-0.05, 0) is 13.0 Å². The molecule has 0 aliphatic heterocycles. The van der Waals surface area contributed by atoms with Gasteiger partial charge in [-0.2, -0.15) is 5.10 Å². The zero-order valence-corrected chi connectivity index (χ0v) is 11.8. The fraction of sp³-hybridized carbons (Fsp3) is 0.200. The van der Waals surface area contributed by atoms with Crippen molar-refractivity contribution in [3.63, 3.8) is 0 Å². The number of rotatable bonds is 3. The molecule has 0 amide bonds. The van der Waals surface area contributed by atoms with Crippen LogP contribution in [0, 0.1) is 6.92 Å². The standard InChI is InChI=1S/C10H12ClN5O2S/c1-6-3-9(14-16(6)2)15-19(17,18)8-4-7(11)5-13-10(8)12/h3-5H,1-2H3,(H2,12,13)(H,14,15). The molecular weight excluding hydrogens is 290 g/mol. The SMILES string of the molecule is Cc1cc(NS(=O)(=O)c2cc(Cl)cnc2N)nn1C. The van der Waals surface area contributed by atoms with Crippen molar-refractivity contribution >= 4 is 33.3 Å². The minimum absolute atomic E-state index is 0.121. The van der Waals surface area contributed by atoms with Crippen molar-refractivity contribution in [1.29, 1.82) is 0 Å². The van der Waals surface area contributed by atoms with Crippen molar-refractivity contribution in [1.82, 2.24) is 14.8 Å². The highest BCUT2D eigenvalue weighted by Crippen LogP contribution is 2.22. The summed E-state index contributed by atoms with van der Waals surface area (Å²) in [6.45, 7) is 1.81. The molecule has 0 aliphatic rings. The number of nitrogens with one attached hydrogen (secondary N) is 1. The smallest absolute Gasteiger partial charge is 0.266 e. The number of aromatic nitrogens is 3. The summed E-state index contributed by atoms with van der Waals surface area (Å²) in [5.41, 5.74) is 6.36. The molecule has 0 radical (unpaired) electrons. The van der Waals surface area contributed by atoms with E-state index in [0.717, 1.165) is 5.69 Å². The highest BCUT2D eigenvalue weighted by molar-refractivity contribution is 7.92. The van der Waals surface area contributed by atoms with E-state index in [9.17, 15) is 8.42 Å². The van der Waals surface area contributed by atoms with Crippen LogP contribution >= 0.6 is 11.6 Å². The van der Waals surface area contributed by atoms with Gasteiger partial charge < -0.3 is 5.73 Å². The largest absolute Gasteiger partial charge is 0.383 e. The summed E-state index contributed by atoms with van der Waals surface area (Å²) in [5.74, 6) is 0.0870. The number of sulfonamides is 1. The lowest BCUT2D eigenvalue weighted by molar-refractivity contribution is 0.601. The minimum Gasteiger partial charge on any atom is -0.383 e. The highest BCUT2D eigenvalue weighted by Gasteiger charge is 2.20. The second-order valence-electron chi connectivity index (χ2n) is 3.94. The van der Waals surface area contributed by atoms with E-state index in [1.165, 1.54) is 12.3 Å². The molecule has 3 N–H and O–H groups in total. The molecule has 2 aromatic rings. The molecule has 0 fully saturated rings. The zero-order chi connectivity index (χ0) is 14.2. The van der Waals surface area contributed by atoms with Gasteiger partial charge >= 0.3 is 0 Å². The average Bonchev–Trinajstić information content (AvgIpc) is 2.60. The Balaban J connectivity index is 2.40. The number of nitrogens with two attached hydrogens (primary N) is 1. The monoisotopic (exact) mass is 301 g/mol. The van der Waals surface area contributed by atoms with Gasteiger partial charge in [-0.25, -0.2) is 13.4 Å². The zero-order valence-electron chi connectivity index (χ0n) is 10.3. The Morgan fingerprint density at radius 2 is 2.11 bits per heavy atom. The van der Waals surface area contributed by atoms with Gasteiger partial charge in [0.1, 0.15) is 10.7 Å². The number of nitrogen functional groups attached to an aromatic ring is 1. The third-order valence-electron chi connectivity index (χ3n) is 2.49. The first-order chi connectivity index (χ1) is 8.79. The predicted molar refractivity (Wildman–Crippen MR) is 72.4 cm³/mol. The molecule has 0 aliphatic carbocycles. The van der Waals surface area contributed by atoms with Gasteiger partial charge in [0, 0.05) is 25.0 Å². The summed E-state index contributed by atoms with van der Waals surface area (Å²) >= 11 is 5.73. The fourth-order valence-corrected chi connectivity index (χ4v) is 2.77. The molecule has 7 nitrogen and oxygen atoms in total. The van der Waals surface area contributed by atoms with Crippen LogP contribution in [0.15, 0.2) is 23.2 Å². The van der Waals surface area contributed by atoms with E-state index in [0.29, 0.717) is 0 Å². The van der Waals surface area contributed by atoms with Crippen molar-refractivity contribution in [2.24, 2.45) is 7.05 Å². The van der Waals surface area contributed by atoms with Gasteiger partial charge in [0.05, 0.1) is 5.02 Å². The van der Waals surface area contributed by atoms with Crippen LogP contribution in [0.1, 0.15) is 5.69 Å². The number of anilines is 2. The van der Waals surface area contributed by atoms with Crippen LogP contribution in [0.3, 0.4) is 0 Å². The third-order valence-corrected chi connectivity index (χ3v) is 4.08. The van der Waals surface area contributed by atoms with Crippen LogP contribution in [0.2, 0.25) is 5.02 Å². The summed E-state index contributed by atoms with van der Waals surface area (Å²) in [4.78, 5) is 3.53. The lowest BCUT2D eigenvalue weighted by Gasteiger charge is -2.07. The van der Waals surface area contributed by atoms with Gasteiger partial charge in [-0.1, -0.05) is 11.6 Å². The summed E-state index contributed by atoms with van der Waals surface area (Å²) in [6.07, 6.45) is 1.28. The first-order valence-corrected chi connectivity index (χ1v) is 7.10. The maximum absolute atomic E-state index is 12.2. The number of hydrogen-bond donors (Lipinski definition) is 2. The quantitative estimate of drug-likeness (QED) is 0.885. The van der Waals surface area contributed by atoms with Crippen LogP contribution in [0.25, 0.3) is 0 Å². The predicted octanol–water partition coefficient (Wildman–Crippen LogP) is 1.16. The molecule has 2 heterocycles. The summed E-state index contributed by atoms with van der Waals surface area (Å²) in [6, 6.07) is 2.84. The van der Waals surface area contributed by atoms with Crippen LogP contribution in [0.4, 0.5) is 11.6 Å². The Hall–Kier alpha value is -1.80. The van der Waals surface area contributed by atoms with Crippen LogP contribution in [-0.4, -0.2) is 23.2 Å². The summed E-state index contributed by atoms with van der Waals surface area (Å²) in [7, 11) is -2.16. The molecule has 9 heteroatoms. The van der Waals surface area contributed by atoms with Gasteiger partial charge in [0.15, 0.2) is 5.82 Å². The molecule has 19 heavy (non-hydrogen) atoms. The molecule has 0 bridgehead atoms. The second-order valence-corrected chi connectivity index (χ2v) is 6.02. The molecule has 102 valence electrons. The van der Waals surface area contributed by atoms with Crippen molar-refractivity contribution in [3.05, 3.63) is 29.0 Å². The lowest BCUT2D eigenvalue weighted by Crippen LogP contribution is -2.16. The van der Waals surface area contributed by atoms with E-state index >= 15 is 0 Å². The van der Waals surface area contributed by atoms with Gasteiger partial charge in [0.25, 0.3) is 10.0 Å². The lowest BCUT2D eigenvalue weighted by atomic mass is 10.5. The number of nitrogens with zero attached hydrogens (tertiary/aromatic N) is 3. The van der Waals surface area contributed by atoms with Crippen molar-refractivity contribution < 1.29 is 8.42 Å². The first kappa shape index (κ1) is 13.6. The number of halogens is 1. The summed E-state index contributed by atoms with van der Waals surface area (Å²) in [5, 5.41) is 4.19. The van der Waals surface area contributed by atoms with Gasteiger partial charge in [-0.15, -0.1) is 0 Å². The molecule has 0 unspecified atom stereocenters. The van der Waals surface area contributed by atoms with Crippen molar-refractivity contribution in [3.8, 4) is 0 Å². The van der Waals surface area contributed by atoms with Gasteiger partial charge in [-0.3, -0.25) is 9.40 Å². The van der Waals surface area contributed by atoms with E-state index < -0.39 is 10.0 Å². The molecule has 0 aromatic carbocycles. The normalized spacial score (nSPS) is 11.5. The van der Waals surface area contributed by atoms with E-state index in [4.69, 9.17) is 17.3 Å². The minimum atomic E-state index is -3.87. The molecule has 0 spiro atoms. The molecule has 2 rings (SSSR count). The number of pyridine rings is 1. The van der Waals surface area contributed by atoms with E-state index in [2.05, 4.69) is 14.8 Å². The Labute approximate surface area is 115 Å². The number of hydrogen-bond acceptors (Lipinski definition) is 5. The Morgan fingerprint density at radius 3 is 2.68 bits per heavy atom. The third kappa shape index (κ3) is 2.79. The van der Waals surface area contributed by atoms with Crippen LogP contribution in [0.5, 0.6) is 0 Å². The molecule has 2 aromatic heterocycles. The molecule has 0 saturated carbocycles. The van der Waals surface area contributed by atoms with E-state index in [-0.39, 0.29) is 21.6 Å². The number of aryl methyl sites for hydroxylation is 2. The maximum atomic E-state index is 12.2. The maximum Gasteiger partial charge on any atom is 0.266 e.